The van der Waals surface area contributed by atoms with E-state index in [0.717, 1.165) is 0 Å². The monoisotopic (exact) mass is 392 g/mol. The lowest BCUT2D eigenvalue weighted by Crippen LogP contribution is -2.50. The molecule has 0 radical (unpaired) electrons. The second kappa shape index (κ2) is 7.61. The average molecular weight is 393 g/mol. The molecule has 1 fully saturated rings. The first-order chi connectivity index (χ1) is 13.7. The van der Waals surface area contributed by atoms with Crippen molar-refractivity contribution in [3.8, 4) is 0 Å². The van der Waals surface area contributed by atoms with Crippen LogP contribution in [0.25, 0.3) is 0 Å². The second-order valence-corrected chi connectivity index (χ2v) is 11.2. The fourth-order valence-electron chi connectivity index (χ4n) is 5.99. The molecule has 3 aliphatic rings. The fraction of sp³-hybridized carbons (Fsp3) is 0.630. The summed E-state index contributed by atoms with van der Waals surface area (Å²) in [4.78, 5) is 5.13. The van der Waals surface area contributed by atoms with Crippen LogP contribution in [0.4, 0.5) is 0 Å². The first kappa shape index (κ1) is 20.7. The Balaban J connectivity index is 1.62. The lowest BCUT2D eigenvalue weighted by atomic mass is 9.61. The molecule has 2 aliphatic heterocycles. The quantitative estimate of drug-likeness (QED) is 0.608. The van der Waals surface area contributed by atoms with Gasteiger partial charge in [0, 0.05) is 30.7 Å². The van der Waals surface area contributed by atoms with Gasteiger partial charge in [-0.25, -0.2) is 0 Å². The Kier molecular flexibility index (Phi) is 5.44. The van der Waals surface area contributed by atoms with Crippen LogP contribution in [0.1, 0.15) is 70.9 Å². The molecule has 2 atom stereocenters. The van der Waals surface area contributed by atoms with Crippen LogP contribution in [0.3, 0.4) is 0 Å². The SMILES string of the molecule is CC(C)C1C=CC(C2CC3(CCN(C(C)(C)C)CC3)Cc3ccccc32)=CN1C. The van der Waals surface area contributed by atoms with Gasteiger partial charge < -0.3 is 4.90 Å². The summed E-state index contributed by atoms with van der Waals surface area (Å²) >= 11 is 0. The van der Waals surface area contributed by atoms with Crippen LogP contribution < -0.4 is 0 Å². The number of rotatable bonds is 2. The topological polar surface area (TPSA) is 6.48 Å². The molecule has 2 unspecified atom stereocenters. The zero-order chi connectivity index (χ0) is 20.8. The Morgan fingerprint density at radius 1 is 1.07 bits per heavy atom. The number of likely N-dealkylation sites (N-methyl/N-ethyl adjacent to an activating group) is 1. The Bertz CT molecular complexity index is 787. The molecule has 1 aliphatic carbocycles. The van der Waals surface area contributed by atoms with Crippen molar-refractivity contribution in [3.63, 3.8) is 0 Å². The van der Waals surface area contributed by atoms with Crippen LogP contribution in [-0.2, 0) is 6.42 Å². The van der Waals surface area contributed by atoms with Gasteiger partial charge in [0.1, 0.15) is 0 Å². The summed E-state index contributed by atoms with van der Waals surface area (Å²) in [7, 11) is 2.25. The molecule has 1 spiro atoms. The molecule has 0 saturated carbocycles. The number of hydrogen-bond acceptors (Lipinski definition) is 2. The van der Waals surface area contributed by atoms with Crippen molar-refractivity contribution in [2.24, 2.45) is 11.3 Å². The Labute approximate surface area is 178 Å². The molecule has 158 valence electrons. The molecule has 1 saturated heterocycles. The average Bonchev–Trinajstić information content (AvgIpc) is 2.66. The molecule has 4 rings (SSSR count). The third-order valence-corrected chi connectivity index (χ3v) is 7.80. The smallest absolute Gasteiger partial charge is 0.0490 e. The van der Waals surface area contributed by atoms with Gasteiger partial charge in [0.05, 0.1) is 0 Å². The van der Waals surface area contributed by atoms with E-state index in [1.807, 2.05) is 0 Å². The van der Waals surface area contributed by atoms with Crippen molar-refractivity contribution in [1.82, 2.24) is 9.80 Å². The third-order valence-electron chi connectivity index (χ3n) is 7.80. The lowest BCUT2D eigenvalue weighted by molar-refractivity contribution is 0.0321. The largest absolute Gasteiger partial charge is 0.373 e. The number of hydrogen-bond donors (Lipinski definition) is 0. The van der Waals surface area contributed by atoms with Crippen LogP contribution in [0.2, 0.25) is 0 Å². The van der Waals surface area contributed by atoms with Gasteiger partial charge in [-0.2, -0.15) is 0 Å². The Morgan fingerprint density at radius 2 is 1.76 bits per heavy atom. The summed E-state index contributed by atoms with van der Waals surface area (Å²) in [5.74, 6) is 1.17. The third kappa shape index (κ3) is 4.06. The van der Waals surface area contributed by atoms with E-state index >= 15 is 0 Å². The minimum absolute atomic E-state index is 0.288. The van der Waals surface area contributed by atoms with Crippen LogP contribution in [0, 0.1) is 11.3 Å². The maximum Gasteiger partial charge on any atom is 0.0490 e. The van der Waals surface area contributed by atoms with E-state index in [9.17, 15) is 0 Å². The predicted octanol–water partition coefficient (Wildman–Crippen LogP) is 6.01. The zero-order valence-electron chi connectivity index (χ0n) is 19.4. The van der Waals surface area contributed by atoms with E-state index in [1.54, 1.807) is 11.1 Å². The van der Waals surface area contributed by atoms with Gasteiger partial charge in [-0.3, -0.25) is 4.90 Å². The number of piperidine rings is 1. The Hall–Kier alpha value is -1.54. The van der Waals surface area contributed by atoms with Crippen molar-refractivity contribution >= 4 is 0 Å². The van der Waals surface area contributed by atoms with E-state index in [2.05, 4.69) is 94.1 Å². The highest BCUT2D eigenvalue weighted by Gasteiger charge is 2.43. The molecule has 2 heterocycles. The number of nitrogens with zero attached hydrogens (tertiary/aromatic N) is 2. The molecular formula is C27H40N2. The van der Waals surface area contributed by atoms with Crippen LogP contribution >= 0.6 is 0 Å². The van der Waals surface area contributed by atoms with Gasteiger partial charge in [0.25, 0.3) is 0 Å². The molecule has 1 aromatic carbocycles. The number of fused-ring (bicyclic) bond motifs is 1. The van der Waals surface area contributed by atoms with Crippen molar-refractivity contribution in [1.29, 1.82) is 0 Å². The maximum atomic E-state index is 2.69. The summed E-state index contributed by atoms with van der Waals surface area (Å²) in [6, 6.07) is 9.78. The van der Waals surface area contributed by atoms with Gasteiger partial charge in [0.2, 0.25) is 0 Å². The van der Waals surface area contributed by atoms with Crippen LogP contribution in [0.15, 0.2) is 48.2 Å². The van der Waals surface area contributed by atoms with Crippen molar-refractivity contribution < 1.29 is 0 Å². The fourth-order valence-corrected chi connectivity index (χ4v) is 5.99. The summed E-state index contributed by atoms with van der Waals surface area (Å²) in [6.45, 7) is 14.2. The lowest BCUT2D eigenvalue weighted by Gasteiger charge is -2.50. The molecule has 2 nitrogen and oxygen atoms in total. The predicted molar refractivity (Wildman–Crippen MR) is 124 cm³/mol. The highest BCUT2D eigenvalue weighted by Crippen LogP contribution is 2.51. The van der Waals surface area contributed by atoms with Gasteiger partial charge in [-0.15, -0.1) is 0 Å². The van der Waals surface area contributed by atoms with Gasteiger partial charge in [-0.05, 0) is 87.6 Å². The normalized spacial score (nSPS) is 27.3. The number of allylic oxidation sites excluding steroid dienone is 2. The summed E-state index contributed by atoms with van der Waals surface area (Å²) in [5, 5.41) is 0. The van der Waals surface area contributed by atoms with E-state index in [-0.39, 0.29) is 5.54 Å². The maximum absolute atomic E-state index is 2.69. The summed E-state index contributed by atoms with van der Waals surface area (Å²) < 4.78 is 0. The van der Waals surface area contributed by atoms with Crippen molar-refractivity contribution in [3.05, 3.63) is 59.3 Å². The van der Waals surface area contributed by atoms with Gasteiger partial charge >= 0.3 is 0 Å². The molecule has 0 bridgehead atoms. The number of benzene rings is 1. The molecule has 0 N–H and O–H groups in total. The van der Waals surface area contributed by atoms with Crippen molar-refractivity contribution in [2.45, 2.75) is 77.8 Å². The molecule has 0 amide bonds. The standard InChI is InChI=1S/C27H40N2/c1-20(2)25-12-11-22(19-28(25)6)24-18-27(17-21-9-7-8-10-23(21)24)13-15-29(16-14-27)26(3,4)5/h7-12,19-20,24-25H,13-18H2,1-6H3. The molecule has 1 aromatic rings. The molecule has 2 heteroatoms. The molecule has 0 aromatic heterocycles. The summed E-state index contributed by atoms with van der Waals surface area (Å²) in [6.07, 6.45) is 12.5. The second-order valence-electron chi connectivity index (χ2n) is 11.2. The minimum Gasteiger partial charge on any atom is -0.373 e. The van der Waals surface area contributed by atoms with E-state index in [0.29, 0.717) is 23.3 Å². The Morgan fingerprint density at radius 3 is 2.38 bits per heavy atom. The van der Waals surface area contributed by atoms with Gasteiger partial charge in [0.15, 0.2) is 0 Å². The van der Waals surface area contributed by atoms with E-state index in [4.69, 9.17) is 0 Å². The van der Waals surface area contributed by atoms with Crippen LogP contribution in [-0.4, -0.2) is 41.5 Å². The highest BCUT2D eigenvalue weighted by atomic mass is 15.2. The first-order valence-corrected chi connectivity index (χ1v) is 11.6. The summed E-state index contributed by atoms with van der Waals surface area (Å²) in [5.41, 5.74) is 5.42. The minimum atomic E-state index is 0.288. The first-order valence-electron chi connectivity index (χ1n) is 11.6. The highest BCUT2D eigenvalue weighted by molar-refractivity contribution is 5.44. The van der Waals surface area contributed by atoms with Gasteiger partial charge in [-0.1, -0.05) is 50.3 Å². The van der Waals surface area contributed by atoms with E-state index in [1.165, 1.54) is 44.3 Å². The number of likely N-dealkylation sites (tertiary alicyclic amines) is 1. The molecule has 29 heavy (non-hydrogen) atoms. The van der Waals surface area contributed by atoms with Crippen LogP contribution in [0.5, 0.6) is 0 Å². The van der Waals surface area contributed by atoms with E-state index < -0.39 is 0 Å². The van der Waals surface area contributed by atoms with Crippen molar-refractivity contribution in [2.75, 3.05) is 20.1 Å². The zero-order valence-corrected chi connectivity index (χ0v) is 19.4. The molecular weight excluding hydrogens is 352 g/mol.